The smallest absolute Gasteiger partial charge is 0.407 e. The third-order valence-electron chi connectivity index (χ3n) is 8.18. The van der Waals surface area contributed by atoms with Crippen LogP contribution >= 0.6 is 7.60 Å². The summed E-state index contributed by atoms with van der Waals surface area (Å²) in [5.74, 6) is 0.378. The van der Waals surface area contributed by atoms with Crippen molar-refractivity contribution in [3.8, 4) is 5.75 Å². The van der Waals surface area contributed by atoms with Gasteiger partial charge in [0.25, 0.3) is 0 Å². The highest BCUT2D eigenvalue weighted by Crippen LogP contribution is 2.35. The lowest BCUT2D eigenvalue weighted by Gasteiger charge is -2.35. The number of carbonyl (C=O) groups excluding carboxylic acids is 1. The highest BCUT2D eigenvalue weighted by molar-refractivity contribution is 7.89. The van der Waals surface area contributed by atoms with E-state index < -0.39 is 60.0 Å². The van der Waals surface area contributed by atoms with E-state index in [-0.39, 0.29) is 50.0 Å². The third-order valence-corrected chi connectivity index (χ3v) is 10.5. The van der Waals surface area contributed by atoms with Gasteiger partial charge in [-0.25, -0.2) is 13.2 Å². The fourth-order valence-corrected chi connectivity index (χ4v) is 7.60. The number of aliphatic hydroxyl groups is 1. The van der Waals surface area contributed by atoms with E-state index in [4.69, 9.17) is 33.5 Å². The number of carbonyl (C=O) groups is 1. The quantitative estimate of drug-likeness (QED) is 0.140. The number of hydrogen-bond acceptors (Lipinski definition) is 10. The summed E-state index contributed by atoms with van der Waals surface area (Å²) in [6, 6.07) is 14.1. The van der Waals surface area contributed by atoms with Crippen LogP contribution in [0.2, 0.25) is 0 Å². The van der Waals surface area contributed by atoms with Crippen LogP contribution in [0.3, 0.4) is 0 Å². The normalized spacial score (nSPS) is 21.3. The molecule has 47 heavy (non-hydrogen) atoms. The molecule has 2 saturated heterocycles. The summed E-state index contributed by atoms with van der Waals surface area (Å²) in [6.07, 6.45) is -2.69. The molecule has 16 heteroatoms. The van der Waals surface area contributed by atoms with Crippen molar-refractivity contribution >= 4 is 23.7 Å². The summed E-state index contributed by atoms with van der Waals surface area (Å²) >= 11 is 0. The molecule has 2 fully saturated rings. The molecule has 0 aliphatic carbocycles. The second kappa shape index (κ2) is 16.2. The highest BCUT2D eigenvalue weighted by Gasteiger charge is 2.44. The Morgan fingerprint density at radius 2 is 1.83 bits per heavy atom. The number of aliphatic hydroxyl groups excluding tert-OH is 1. The third kappa shape index (κ3) is 11.0. The van der Waals surface area contributed by atoms with E-state index in [9.17, 15) is 22.9 Å². The van der Waals surface area contributed by atoms with Gasteiger partial charge in [-0.05, 0) is 54.5 Å². The molecule has 2 heterocycles. The average Bonchev–Trinajstić information content (AvgIpc) is 3.64. The van der Waals surface area contributed by atoms with Gasteiger partial charge in [0.15, 0.2) is 6.29 Å². The van der Waals surface area contributed by atoms with Gasteiger partial charge >= 0.3 is 13.7 Å². The van der Waals surface area contributed by atoms with Gasteiger partial charge in [-0.15, -0.1) is 0 Å². The molecule has 0 bridgehead atoms. The van der Waals surface area contributed by atoms with Gasteiger partial charge in [0.05, 0.1) is 43.3 Å². The zero-order valence-electron chi connectivity index (χ0n) is 26.8. The minimum atomic E-state index is -4.36. The number of hydrogen-bond donors (Lipinski definition) is 4. The minimum absolute atomic E-state index is 0.0272. The molecule has 1 amide bonds. The molecule has 14 nitrogen and oxygen atoms in total. The maximum atomic E-state index is 14.0. The summed E-state index contributed by atoms with van der Waals surface area (Å²) in [5, 5.41) is 14.4. The van der Waals surface area contributed by atoms with Crippen molar-refractivity contribution in [3.63, 3.8) is 0 Å². The predicted molar refractivity (Wildman–Crippen MR) is 170 cm³/mol. The molecule has 2 aromatic rings. The van der Waals surface area contributed by atoms with Crippen molar-refractivity contribution in [1.82, 2.24) is 9.62 Å². The highest BCUT2D eigenvalue weighted by atomic mass is 32.2. The number of alkyl carbamates (subject to hydrolysis) is 1. The van der Waals surface area contributed by atoms with Crippen molar-refractivity contribution in [3.05, 3.63) is 60.2 Å². The van der Waals surface area contributed by atoms with Gasteiger partial charge < -0.3 is 43.9 Å². The van der Waals surface area contributed by atoms with Crippen LogP contribution in [0.1, 0.15) is 32.3 Å². The number of nitrogens with zero attached hydrogens (tertiary/aromatic N) is 1. The number of benzene rings is 2. The molecule has 0 aromatic heterocycles. The molecule has 4 N–H and O–H groups in total. The van der Waals surface area contributed by atoms with Crippen LogP contribution < -0.4 is 10.1 Å². The standard InChI is InChI=1S/C31H45N2O12PS/c1-31(2,14-16-42-21-46(36,37)38)20-33(47(39,40)24-11-9-23(41-3)10-12-24)18-27(34)26(17-22-7-5-4-6-8-22)32-30(35)45-28-19-44-29-25(28)13-15-43-29/h4-12,25-29,34H,13-21H2,1-3H3,(H,32,35)(H2,36,37,38)/t25-,26-,27+,28-,29+/m0/s1. The second-order valence-electron chi connectivity index (χ2n) is 12.6. The van der Waals surface area contributed by atoms with Crippen LogP contribution in [0.5, 0.6) is 5.75 Å². The van der Waals surface area contributed by atoms with E-state index in [0.717, 1.165) is 9.87 Å². The van der Waals surface area contributed by atoms with E-state index >= 15 is 0 Å². The summed E-state index contributed by atoms with van der Waals surface area (Å²) in [6.45, 7) is 3.78. The Morgan fingerprint density at radius 1 is 1.13 bits per heavy atom. The van der Waals surface area contributed by atoms with E-state index in [1.165, 1.54) is 31.4 Å². The summed E-state index contributed by atoms with van der Waals surface area (Å²) in [4.78, 5) is 31.3. The topological polar surface area (TPSA) is 190 Å². The number of rotatable bonds is 17. The Labute approximate surface area is 275 Å². The lowest BCUT2D eigenvalue weighted by Crippen LogP contribution is -2.52. The summed E-state index contributed by atoms with van der Waals surface area (Å²) in [5.41, 5.74) is 0.0510. The van der Waals surface area contributed by atoms with Crippen LogP contribution in [0, 0.1) is 11.3 Å². The zero-order chi connectivity index (χ0) is 34.2. The first-order valence-electron chi connectivity index (χ1n) is 15.4. The number of fused-ring (bicyclic) bond motifs is 1. The molecule has 5 atom stereocenters. The van der Waals surface area contributed by atoms with Gasteiger partial charge in [0, 0.05) is 19.7 Å². The Kier molecular flexibility index (Phi) is 12.8. The number of sulfonamides is 1. The fraction of sp³-hybridized carbons (Fsp3) is 0.581. The molecule has 262 valence electrons. The second-order valence-corrected chi connectivity index (χ2v) is 16.1. The molecule has 0 unspecified atom stereocenters. The van der Waals surface area contributed by atoms with Crippen molar-refractivity contribution in [2.75, 3.05) is 46.4 Å². The van der Waals surface area contributed by atoms with Gasteiger partial charge in [-0.3, -0.25) is 4.57 Å². The van der Waals surface area contributed by atoms with E-state index in [1.54, 1.807) is 13.8 Å². The lowest BCUT2D eigenvalue weighted by atomic mass is 9.89. The number of nitrogens with one attached hydrogen (secondary N) is 1. The monoisotopic (exact) mass is 700 g/mol. The Morgan fingerprint density at radius 3 is 2.49 bits per heavy atom. The largest absolute Gasteiger partial charge is 0.497 e. The first-order valence-corrected chi connectivity index (χ1v) is 18.6. The van der Waals surface area contributed by atoms with Crippen molar-refractivity contribution < 1.29 is 56.4 Å². The maximum Gasteiger partial charge on any atom is 0.407 e. The molecular formula is C31H45N2O12PS. The SMILES string of the molecule is COc1ccc(S(=O)(=O)N(C[C@@H](O)[C@H](Cc2ccccc2)NC(=O)O[C@H]2CO[C@H]3OCC[C@H]32)CC(C)(C)CCOCP(=O)(O)O)cc1. The Balaban J connectivity index is 1.54. The summed E-state index contributed by atoms with van der Waals surface area (Å²) < 4.78 is 67.5. The maximum absolute atomic E-state index is 14.0. The molecule has 2 aromatic carbocycles. The molecule has 2 aliphatic rings. The summed E-state index contributed by atoms with van der Waals surface area (Å²) in [7, 11) is -7.09. The van der Waals surface area contributed by atoms with Gasteiger partial charge in [0.1, 0.15) is 18.2 Å². The fourth-order valence-electron chi connectivity index (χ4n) is 5.59. The van der Waals surface area contributed by atoms with Crippen LogP contribution in [0.25, 0.3) is 0 Å². The molecule has 0 saturated carbocycles. The van der Waals surface area contributed by atoms with Crippen molar-refractivity contribution in [2.24, 2.45) is 11.3 Å². The molecule has 0 spiro atoms. The zero-order valence-corrected chi connectivity index (χ0v) is 28.5. The first kappa shape index (κ1) is 37.2. The molecule has 4 rings (SSSR count). The van der Waals surface area contributed by atoms with Crippen LogP contribution in [-0.2, 0) is 40.0 Å². The van der Waals surface area contributed by atoms with E-state index in [1.807, 2.05) is 30.3 Å². The Bertz CT molecular complexity index is 1450. The van der Waals surface area contributed by atoms with E-state index in [0.29, 0.717) is 18.8 Å². The van der Waals surface area contributed by atoms with Crippen LogP contribution in [0.15, 0.2) is 59.5 Å². The van der Waals surface area contributed by atoms with Gasteiger partial charge in [-0.1, -0.05) is 44.2 Å². The lowest BCUT2D eigenvalue weighted by molar-refractivity contribution is -0.0907. The van der Waals surface area contributed by atoms with Crippen molar-refractivity contribution in [1.29, 1.82) is 0 Å². The van der Waals surface area contributed by atoms with Gasteiger partial charge in [-0.2, -0.15) is 4.31 Å². The van der Waals surface area contributed by atoms with Crippen molar-refractivity contribution in [2.45, 2.75) is 62.5 Å². The average molecular weight is 701 g/mol. The number of ether oxygens (including phenoxy) is 5. The Hall–Kier alpha value is -2.59. The van der Waals surface area contributed by atoms with Crippen LogP contribution in [-0.4, -0.2) is 105 Å². The first-order chi connectivity index (χ1) is 22.2. The molecule has 0 radical (unpaired) electrons. The predicted octanol–water partition coefficient (Wildman–Crippen LogP) is 2.71. The van der Waals surface area contributed by atoms with Crippen LogP contribution in [0.4, 0.5) is 4.79 Å². The number of methoxy groups -OCH3 is 1. The van der Waals surface area contributed by atoms with Gasteiger partial charge in [0.2, 0.25) is 10.0 Å². The molecule has 2 aliphatic heterocycles. The van der Waals surface area contributed by atoms with E-state index in [2.05, 4.69) is 5.32 Å². The minimum Gasteiger partial charge on any atom is -0.497 e. The number of amides is 1. The molecular weight excluding hydrogens is 655 g/mol.